The Kier molecular flexibility index (Phi) is 5.22. The molecular weight excluding hydrogens is 339 g/mol. The number of aromatic nitrogens is 4. The third-order valence-electron chi connectivity index (χ3n) is 3.81. The zero-order valence-electron chi connectivity index (χ0n) is 14.8. The van der Waals surface area contributed by atoms with Crippen LogP contribution in [0.15, 0.2) is 30.5 Å². The van der Waals surface area contributed by atoms with Crippen molar-refractivity contribution in [1.82, 2.24) is 19.5 Å². The summed E-state index contributed by atoms with van der Waals surface area (Å²) in [5, 5.41) is 0. The van der Waals surface area contributed by atoms with Crippen LogP contribution in [-0.4, -0.2) is 45.1 Å². The van der Waals surface area contributed by atoms with Gasteiger partial charge >= 0.3 is 6.01 Å². The minimum atomic E-state index is -0.587. The maximum atomic E-state index is 14.0. The van der Waals surface area contributed by atoms with E-state index in [1.807, 2.05) is 13.8 Å². The lowest BCUT2D eigenvalue weighted by Crippen LogP contribution is -2.19. The third-order valence-corrected chi connectivity index (χ3v) is 3.81. The van der Waals surface area contributed by atoms with Crippen LogP contribution in [0.1, 0.15) is 30.0 Å². The number of carbonyl (C=O) groups is 1. The molecule has 1 atom stereocenters. The van der Waals surface area contributed by atoms with Gasteiger partial charge in [0.2, 0.25) is 5.78 Å². The van der Waals surface area contributed by atoms with E-state index >= 15 is 0 Å². The number of hydrogen-bond donors (Lipinski definition) is 0. The Morgan fingerprint density at radius 2 is 2.08 bits per heavy atom. The Labute approximate surface area is 149 Å². The van der Waals surface area contributed by atoms with Gasteiger partial charge in [-0.2, -0.15) is 4.98 Å². The predicted octanol–water partition coefficient (Wildman–Crippen LogP) is 2.63. The molecule has 2 heterocycles. The first kappa shape index (κ1) is 17.9. The Balaban J connectivity index is 2.02. The lowest BCUT2D eigenvalue weighted by Gasteiger charge is -2.11. The van der Waals surface area contributed by atoms with Gasteiger partial charge in [0.15, 0.2) is 11.5 Å². The van der Waals surface area contributed by atoms with E-state index in [1.165, 1.54) is 24.4 Å². The quantitative estimate of drug-likeness (QED) is 0.604. The fraction of sp³-hybridized carbons (Fsp3) is 0.333. The van der Waals surface area contributed by atoms with E-state index in [-0.39, 0.29) is 23.5 Å². The van der Waals surface area contributed by atoms with E-state index in [2.05, 4.69) is 15.0 Å². The van der Waals surface area contributed by atoms with Crippen LogP contribution in [0.25, 0.3) is 11.2 Å². The summed E-state index contributed by atoms with van der Waals surface area (Å²) in [6.45, 7) is 4.53. The number of imidazole rings is 1. The van der Waals surface area contributed by atoms with E-state index in [0.29, 0.717) is 24.3 Å². The van der Waals surface area contributed by atoms with Crippen molar-refractivity contribution < 1.29 is 18.7 Å². The topological polar surface area (TPSA) is 79.1 Å². The van der Waals surface area contributed by atoms with E-state index in [1.54, 1.807) is 17.7 Å². The Morgan fingerprint density at radius 1 is 1.31 bits per heavy atom. The zero-order chi connectivity index (χ0) is 18.7. The molecule has 3 rings (SSSR count). The summed E-state index contributed by atoms with van der Waals surface area (Å²) < 4.78 is 26.2. The summed E-state index contributed by atoms with van der Waals surface area (Å²) in [6, 6.07) is 5.99. The maximum Gasteiger partial charge on any atom is 0.318 e. The molecule has 0 aliphatic carbocycles. The summed E-state index contributed by atoms with van der Waals surface area (Å²) >= 11 is 0. The minimum absolute atomic E-state index is 0.0318. The summed E-state index contributed by atoms with van der Waals surface area (Å²) in [4.78, 5) is 25.5. The Hall–Kier alpha value is -2.87. The minimum Gasteiger partial charge on any atom is -0.458 e. The number of fused-ring (bicyclic) bond motifs is 1. The van der Waals surface area contributed by atoms with Crippen molar-refractivity contribution in [1.29, 1.82) is 0 Å². The van der Waals surface area contributed by atoms with Crippen molar-refractivity contribution in [2.24, 2.45) is 0 Å². The fourth-order valence-corrected chi connectivity index (χ4v) is 2.65. The summed E-state index contributed by atoms with van der Waals surface area (Å²) in [6.07, 6.45) is 1.26. The van der Waals surface area contributed by atoms with Crippen molar-refractivity contribution in [3.63, 3.8) is 0 Å². The molecule has 0 amide bonds. The smallest absolute Gasteiger partial charge is 0.318 e. The molecule has 0 N–H and O–H groups in total. The first-order valence-electron chi connectivity index (χ1n) is 8.23. The number of halogens is 1. The van der Waals surface area contributed by atoms with E-state index < -0.39 is 11.6 Å². The zero-order valence-corrected chi connectivity index (χ0v) is 14.8. The van der Waals surface area contributed by atoms with Crippen LogP contribution in [0.3, 0.4) is 0 Å². The molecule has 0 radical (unpaired) electrons. The molecule has 1 aromatic carbocycles. The van der Waals surface area contributed by atoms with Crippen LogP contribution in [-0.2, 0) is 11.3 Å². The monoisotopic (exact) mass is 358 g/mol. The SMILES string of the molecule is CCn1c(C(=O)c2ccccc2F)nc2cnc(O[C@@H](C)COC)nc21. The van der Waals surface area contributed by atoms with Gasteiger partial charge in [-0.15, -0.1) is 0 Å². The molecule has 0 saturated heterocycles. The van der Waals surface area contributed by atoms with Crippen LogP contribution >= 0.6 is 0 Å². The summed E-state index contributed by atoms with van der Waals surface area (Å²) in [7, 11) is 1.58. The molecule has 7 nitrogen and oxygen atoms in total. The molecule has 0 saturated carbocycles. The number of rotatable bonds is 7. The lowest BCUT2D eigenvalue weighted by molar-refractivity contribution is 0.0857. The van der Waals surface area contributed by atoms with Crippen LogP contribution in [0, 0.1) is 5.82 Å². The van der Waals surface area contributed by atoms with Gasteiger partial charge in [0, 0.05) is 13.7 Å². The van der Waals surface area contributed by atoms with Gasteiger partial charge in [-0.05, 0) is 26.0 Å². The van der Waals surface area contributed by atoms with Crippen LogP contribution in [0.2, 0.25) is 0 Å². The number of hydrogen-bond acceptors (Lipinski definition) is 6. The summed E-state index contributed by atoms with van der Waals surface area (Å²) in [5.41, 5.74) is 0.871. The Bertz CT molecular complexity index is 941. The number of ether oxygens (including phenoxy) is 2. The molecule has 0 spiro atoms. The second-order valence-electron chi connectivity index (χ2n) is 5.73. The molecule has 8 heteroatoms. The maximum absolute atomic E-state index is 14.0. The number of aryl methyl sites for hydroxylation is 1. The standard InChI is InChI=1S/C18H19FN4O3/c1-4-23-16-14(9-20-18(22-16)26-11(2)10-25-3)21-17(23)15(24)12-7-5-6-8-13(12)19/h5-9,11H,4,10H2,1-3H3/t11-/m0/s1. The van der Waals surface area contributed by atoms with Gasteiger partial charge in [0.05, 0.1) is 18.4 Å². The van der Waals surface area contributed by atoms with Gasteiger partial charge in [-0.1, -0.05) is 12.1 Å². The van der Waals surface area contributed by atoms with Crippen LogP contribution in [0.4, 0.5) is 4.39 Å². The molecule has 0 bridgehead atoms. The predicted molar refractivity (Wildman–Crippen MR) is 92.8 cm³/mol. The van der Waals surface area contributed by atoms with Gasteiger partial charge in [0.1, 0.15) is 17.4 Å². The second-order valence-corrected chi connectivity index (χ2v) is 5.73. The molecule has 0 fully saturated rings. The first-order valence-corrected chi connectivity index (χ1v) is 8.23. The van der Waals surface area contributed by atoms with Crippen molar-refractivity contribution in [2.45, 2.75) is 26.5 Å². The number of ketones is 1. The van der Waals surface area contributed by atoms with Gasteiger partial charge in [0.25, 0.3) is 0 Å². The number of carbonyl (C=O) groups excluding carboxylic acids is 1. The number of nitrogens with zero attached hydrogens (tertiary/aromatic N) is 4. The average Bonchev–Trinajstić information content (AvgIpc) is 2.99. The van der Waals surface area contributed by atoms with Crippen molar-refractivity contribution in [3.8, 4) is 6.01 Å². The van der Waals surface area contributed by atoms with E-state index in [4.69, 9.17) is 9.47 Å². The largest absolute Gasteiger partial charge is 0.458 e. The number of benzene rings is 1. The number of methoxy groups -OCH3 is 1. The highest BCUT2D eigenvalue weighted by Crippen LogP contribution is 2.20. The van der Waals surface area contributed by atoms with Gasteiger partial charge in [-0.25, -0.2) is 14.4 Å². The van der Waals surface area contributed by atoms with Crippen LogP contribution in [0.5, 0.6) is 6.01 Å². The lowest BCUT2D eigenvalue weighted by atomic mass is 10.1. The Morgan fingerprint density at radius 3 is 2.77 bits per heavy atom. The second kappa shape index (κ2) is 7.57. The molecular formula is C18H19FN4O3. The fourth-order valence-electron chi connectivity index (χ4n) is 2.65. The molecule has 3 aromatic rings. The highest BCUT2D eigenvalue weighted by Gasteiger charge is 2.22. The van der Waals surface area contributed by atoms with Crippen molar-refractivity contribution >= 4 is 16.9 Å². The molecule has 0 aliphatic rings. The average molecular weight is 358 g/mol. The highest BCUT2D eigenvalue weighted by molar-refractivity contribution is 6.08. The van der Waals surface area contributed by atoms with Crippen LogP contribution < -0.4 is 4.74 Å². The van der Waals surface area contributed by atoms with E-state index in [0.717, 1.165) is 0 Å². The molecule has 2 aromatic heterocycles. The van der Waals surface area contributed by atoms with Crippen molar-refractivity contribution in [3.05, 3.63) is 47.7 Å². The molecule has 0 unspecified atom stereocenters. The molecule has 136 valence electrons. The summed E-state index contributed by atoms with van der Waals surface area (Å²) in [5.74, 6) is -0.974. The first-order chi connectivity index (χ1) is 12.5. The molecule has 0 aliphatic heterocycles. The third kappa shape index (κ3) is 3.41. The normalized spacial score (nSPS) is 12.3. The van der Waals surface area contributed by atoms with Crippen molar-refractivity contribution in [2.75, 3.05) is 13.7 Å². The molecule has 26 heavy (non-hydrogen) atoms. The van der Waals surface area contributed by atoms with E-state index in [9.17, 15) is 9.18 Å². The van der Waals surface area contributed by atoms with Gasteiger partial charge < -0.3 is 14.0 Å². The van der Waals surface area contributed by atoms with Gasteiger partial charge in [-0.3, -0.25) is 4.79 Å². The highest BCUT2D eigenvalue weighted by atomic mass is 19.1.